The van der Waals surface area contributed by atoms with Crippen LogP contribution >= 0.6 is 23.2 Å². The van der Waals surface area contributed by atoms with Gasteiger partial charge in [-0.05, 0) is 53.6 Å². The zero-order valence-electron chi connectivity index (χ0n) is 15.1. The van der Waals surface area contributed by atoms with Crippen molar-refractivity contribution in [3.63, 3.8) is 0 Å². The van der Waals surface area contributed by atoms with E-state index in [0.717, 1.165) is 16.8 Å². The Morgan fingerprint density at radius 3 is 2.64 bits per heavy atom. The molecule has 1 aliphatic heterocycles. The number of hydrogen-bond donors (Lipinski definition) is 1. The minimum atomic E-state index is -0.618. The second kappa shape index (κ2) is 7.33. The Labute approximate surface area is 171 Å². The first-order valence-corrected chi connectivity index (χ1v) is 9.36. The first-order valence-electron chi connectivity index (χ1n) is 8.60. The van der Waals surface area contributed by atoms with E-state index in [1.807, 2.05) is 37.3 Å². The summed E-state index contributed by atoms with van der Waals surface area (Å²) in [4.78, 5) is 17.7. The average molecular weight is 415 g/mol. The third-order valence-corrected chi connectivity index (χ3v) is 5.49. The van der Waals surface area contributed by atoms with Crippen molar-refractivity contribution in [3.05, 3.63) is 63.6 Å². The van der Waals surface area contributed by atoms with Crippen molar-refractivity contribution in [1.29, 1.82) is 0 Å². The van der Waals surface area contributed by atoms with E-state index in [-0.39, 0.29) is 5.91 Å². The molecule has 0 bridgehead atoms. The second-order valence-electron chi connectivity index (χ2n) is 6.58. The van der Waals surface area contributed by atoms with Gasteiger partial charge in [-0.25, -0.2) is 9.67 Å². The van der Waals surface area contributed by atoms with Crippen LogP contribution in [0.15, 0.2) is 47.5 Å². The van der Waals surface area contributed by atoms with Gasteiger partial charge in [0.1, 0.15) is 5.92 Å². The molecule has 2 aromatic carbocycles. The number of tetrazole rings is 1. The SMILES string of the molecule is CC1=Nc2nnnn2C(c2ccc(Cl)c(Cl)c2)C1C(=O)Nc1ccccc1C. The molecule has 2 atom stereocenters. The monoisotopic (exact) mass is 414 g/mol. The second-order valence-corrected chi connectivity index (χ2v) is 7.39. The fourth-order valence-electron chi connectivity index (χ4n) is 3.33. The van der Waals surface area contributed by atoms with Gasteiger partial charge < -0.3 is 5.32 Å². The molecule has 1 N–H and O–H groups in total. The number of nitrogens with one attached hydrogen (secondary N) is 1. The van der Waals surface area contributed by atoms with Gasteiger partial charge in [-0.15, -0.1) is 0 Å². The van der Waals surface area contributed by atoms with Gasteiger partial charge in [-0.3, -0.25) is 4.79 Å². The molecule has 0 saturated carbocycles. The zero-order chi connectivity index (χ0) is 19.8. The Morgan fingerprint density at radius 1 is 1.11 bits per heavy atom. The molecule has 142 valence electrons. The average Bonchev–Trinajstić information content (AvgIpc) is 3.12. The lowest BCUT2D eigenvalue weighted by molar-refractivity contribution is -0.118. The molecule has 1 aromatic heterocycles. The first-order chi connectivity index (χ1) is 13.5. The number of aromatic nitrogens is 4. The molecule has 0 radical (unpaired) electrons. The van der Waals surface area contributed by atoms with Crippen LogP contribution in [0, 0.1) is 12.8 Å². The van der Waals surface area contributed by atoms with Crippen molar-refractivity contribution in [1.82, 2.24) is 20.2 Å². The van der Waals surface area contributed by atoms with E-state index in [4.69, 9.17) is 23.2 Å². The van der Waals surface area contributed by atoms with Crippen LogP contribution in [0.25, 0.3) is 0 Å². The number of aryl methyl sites for hydroxylation is 1. The summed E-state index contributed by atoms with van der Waals surface area (Å²) in [5.41, 5.74) is 3.10. The standard InChI is InChI=1S/C19H16Cl2N6O/c1-10-5-3-4-6-15(10)23-18(28)16-11(2)22-19-24-25-26-27(19)17(16)12-7-8-13(20)14(21)9-12/h3-9,16-17H,1-2H3,(H,23,28). The Balaban J connectivity index is 1.78. The van der Waals surface area contributed by atoms with Crippen molar-refractivity contribution >= 4 is 46.5 Å². The largest absolute Gasteiger partial charge is 0.325 e. The van der Waals surface area contributed by atoms with Crippen LogP contribution in [0.2, 0.25) is 10.0 Å². The lowest BCUT2D eigenvalue weighted by Crippen LogP contribution is -2.39. The molecule has 0 spiro atoms. The lowest BCUT2D eigenvalue weighted by Gasteiger charge is -2.30. The predicted molar refractivity (Wildman–Crippen MR) is 108 cm³/mol. The minimum Gasteiger partial charge on any atom is -0.325 e. The van der Waals surface area contributed by atoms with E-state index in [9.17, 15) is 4.79 Å². The number of aliphatic imine (C=N–C) groups is 1. The van der Waals surface area contributed by atoms with E-state index < -0.39 is 12.0 Å². The van der Waals surface area contributed by atoms with Gasteiger partial charge in [0, 0.05) is 11.4 Å². The Bertz CT molecular complexity index is 1090. The number of carbonyl (C=O) groups is 1. The van der Waals surface area contributed by atoms with Crippen LogP contribution in [-0.4, -0.2) is 31.8 Å². The van der Waals surface area contributed by atoms with E-state index in [0.29, 0.717) is 21.7 Å². The summed E-state index contributed by atoms with van der Waals surface area (Å²) in [6, 6.07) is 12.3. The van der Waals surface area contributed by atoms with Gasteiger partial charge in [-0.1, -0.05) is 52.6 Å². The maximum atomic E-state index is 13.3. The Hall–Kier alpha value is -2.77. The summed E-state index contributed by atoms with van der Waals surface area (Å²) < 4.78 is 1.54. The van der Waals surface area contributed by atoms with E-state index in [1.165, 1.54) is 4.68 Å². The zero-order valence-corrected chi connectivity index (χ0v) is 16.6. The van der Waals surface area contributed by atoms with Gasteiger partial charge in [0.15, 0.2) is 0 Å². The molecule has 4 rings (SSSR count). The van der Waals surface area contributed by atoms with Gasteiger partial charge in [0.05, 0.1) is 16.1 Å². The van der Waals surface area contributed by atoms with Crippen molar-refractivity contribution < 1.29 is 4.79 Å². The number of carbonyl (C=O) groups excluding carboxylic acids is 1. The summed E-state index contributed by atoms with van der Waals surface area (Å²) >= 11 is 12.3. The molecule has 2 unspecified atom stereocenters. The minimum absolute atomic E-state index is 0.201. The lowest BCUT2D eigenvalue weighted by atomic mass is 9.87. The number of anilines is 1. The fraction of sp³-hybridized carbons (Fsp3) is 0.211. The number of hydrogen-bond acceptors (Lipinski definition) is 5. The molecular formula is C19H16Cl2N6O. The van der Waals surface area contributed by atoms with Crippen LogP contribution in [0.1, 0.15) is 24.1 Å². The Morgan fingerprint density at radius 2 is 1.89 bits per heavy atom. The molecule has 1 amide bonds. The van der Waals surface area contributed by atoms with Crippen molar-refractivity contribution in [2.75, 3.05) is 5.32 Å². The highest BCUT2D eigenvalue weighted by Crippen LogP contribution is 2.37. The van der Waals surface area contributed by atoms with Gasteiger partial charge in [0.2, 0.25) is 5.91 Å². The topological polar surface area (TPSA) is 85.1 Å². The summed E-state index contributed by atoms with van der Waals surface area (Å²) in [5.74, 6) is -0.478. The van der Waals surface area contributed by atoms with Gasteiger partial charge in [-0.2, -0.15) is 0 Å². The summed E-state index contributed by atoms with van der Waals surface area (Å²) in [6.07, 6.45) is 0. The van der Waals surface area contributed by atoms with E-state index in [2.05, 4.69) is 25.8 Å². The molecule has 7 nitrogen and oxygen atoms in total. The highest BCUT2D eigenvalue weighted by molar-refractivity contribution is 6.42. The number of para-hydroxylation sites is 1. The van der Waals surface area contributed by atoms with Crippen LogP contribution in [-0.2, 0) is 4.79 Å². The summed E-state index contributed by atoms with van der Waals surface area (Å²) in [7, 11) is 0. The molecule has 28 heavy (non-hydrogen) atoms. The molecule has 1 aliphatic rings. The number of halogens is 2. The smallest absolute Gasteiger partial charge is 0.269 e. The van der Waals surface area contributed by atoms with Crippen molar-refractivity contribution in [3.8, 4) is 0 Å². The van der Waals surface area contributed by atoms with E-state index in [1.54, 1.807) is 19.1 Å². The van der Waals surface area contributed by atoms with Crippen LogP contribution in [0.5, 0.6) is 0 Å². The first kappa shape index (κ1) is 18.6. The highest BCUT2D eigenvalue weighted by atomic mass is 35.5. The van der Waals surface area contributed by atoms with Crippen LogP contribution in [0.4, 0.5) is 11.6 Å². The van der Waals surface area contributed by atoms with Crippen LogP contribution < -0.4 is 5.32 Å². The number of amides is 1. The molecule has 2 heterocycles. The summed E-state index contributed by atoms with van der Waals surface area (Å²) in [6.45, 7) is 3.73. The fourth-order valence-corrected chi connectivity index (χ4v) is 3.63. The summed E-state index contributed by atoms with van der Waals surface area (Å²) in [5, 5.41) is 15.5. The quantitative estimate of drug-likeness (QED) is 0.694. The van der Waals surface area contributed by atoms with Crippen LogP contribution in [0.3, 0.4) is 0 Å². The van der Waals surface area contributed by atoms with Gasteiger partial charge in [0.25, 0.3) is 5.95 Å². The molecular weight excluding hydrogens is 399 g/mol. The molecule has 0 aliphatic carbocycles. The maximum absolute atomic E-state index is 13.3. The van der Waals surface area contributed by atoms with Crippen molar-refractivity contribution in [2.24, 2.45) is 10.9 Å². The highest BCUT2D eigenvalue weighted by Gasteiger charge is 2.39. The normalized spacial score (nSPS) is 18.4. The number of fused-ring (bicyclic) bond motifs is 1. The molecule has 0 fully saturated rings. The molecule has 9 heteroatoms. The third kappa shape index (κ3) is 3.27. The predicted octanol–water partition coefficient (Wildman–Crippen LogP) is 4.24. The number of nitrogens with zero attached hydrogens (tertiary/aromatic N) is 5. The molecule has 0 saturated heterocycles. The van der Waals surface area contributed by atoms with Crippen molar-refractivity contribution in [2.45, 2.75) is 19.9 Å². The molecule has 3 aromatic rings. The van der Waals surface area contributed by atoms with E-state index >= 15 is 0 Å². The Kier molecular flexibility index (Phi) is 4.87. The maximum Gasteiger partial charge on any atom is 0.269 e. The third-order valence-electron chi connectivity index (χ3n) is 4.75. The van der Waals surface area contributed by atoms with Gasteiger partial charge >= 0.3 is 0 Å². The number of rotatable bonds is 3. The number of benzene rings is 2.